The first-order valence-electron chi connectivity index (χ1n) is 7.19. The summed E-state index contributed by atoms with van der Waals surface area (Å²) in [5.41, 5.74) is 1.05. The molecule has 7 heteroatoms. The predicted molar refractivity (Wildman–Crippen MR) is 84.6 cm³/mol. The zero-order chi connectivity index (χ0) is 16.9. The molecule has 24 heavy (non-hydrogen) atoms. The van der Waals surface area contributed by atoms with Crippen molar-refractivity contribution in [1.29, 1.82) is 0 Å². The quantitative estimate of drug-likeness (QED) is 0.693. The molecule has 0 spiro atoms. The Hall–Kier alpha value is -3.09. The van der Waals surface area contributed by atoms with Crippen LogP contribution in [0.15, 0.2) is 47.5 Å². The molecule has 0 saturated heterocycles. The van der Waals surface area contributed by atoms with Crippen LogP contribution in [0.25, 0.3) is 0 Å². The minimum Gasteiger partial charge on any atom is -0.468 e. The number of amidine groups is 1. The van der Waals surface area contributed by atoms with Crippen LogP contribution in [-0.4, -0.2) is 25.8 Å². The van der Waals surface area contributed by atoms with Gasteiger partial charge in [-0.15, -0.1) is 0 Å². The summed E-state index contributed by atoms with van der Waals surface area (Å²) in [5.74, 6) is 0.360. The van der Waals surface area contributed by atoms with Gasteiger partial charge in [0.05, 0.1) is 13.7 Å². The van der Waals surface area contributed by atoms with Crippen LogP contribution < -0.4 is 14.8 Å². The zero-order valence-electron chi connectivity index (χ0n) is 12.9. The van der Waals surface area contributed by atoms with Crippen LogP contribution in [0.1, 0.15) is 15.9 Å². The molecule has 2 aromatic carbocycles. The molecule has 124 valence electrons. The fourth-order valence-corrected chi connectivity index (χ4v) is 2.16. The number of fused-ring (bicyclic) bond motifs is 1. The molecular formula is C17H15FN2O4. The lowest BCUT2D eigenvalue weighted by atomic mass is 10.2. The van der Waals surface area contributed by atoms with Crippen LogP contribution in [0.5, 0.6) is 11.5 Å². The summed E-state index contributed by atoms with van der Waals surface area (Å²) in [6, 6.07) is 10.9. The lowest BCUT2D eigenvalue weighted by molar-refractivity contribution is 0.0968. The van der Waals surface area contributed by atoms with E-state index in [0.29, 0.717) is 11.5 Å². The summed E-state index contributed by atoms with van der Waals surface area (Å²) < 4.78 is 28.8. The molecule has 2 aromatic rings. The van der Waals surface area contributed by atoms with Crippen molar-refractivity contribution in [2.75, 3.05) is 13.9 Å². The van der Waals surface area contributed by atoms with E-state index in [2.05, 4.69) is 10.3 Å². The predicted octanol–water partition coefficient (Wildman–Crippen LogP) is 2.49. The second-order valence-corrected chi connectivity index (χ2v) is 4.98. The van der Waals surface area contributed by atoms with Crippen LogP contribution in [-0.2, 0) is 11.3 Å². The van der Waals surface area contributed by atoms with Gasteiger partial charge in [-0.1, -0.05) is 12.1 Å². The SMILES string of the molecule is COC(=NCc1ccc2c(c1)OCO2)NC(=O)c1cccc(F)c1. The Morgan fingerprint density at radius 3 is 2.88 bits per heavy atom. The Kier molecular flexibility index (Phi) is 4.60. The van der Waals surface area contributed by atoms with Gasteiger partial charge >= 0.3 is 0 Å². The number of aliphatic imine (C=N–C) groups is 1. The molecule has 6 nitrogen and oxygen atoms in total. The van der Waals surface area contributed by atoms with E-state index in [1.54, 1.807) is 6.07 Å². The molecule has 1 aliphatic heterocycles. The average molecular weight is 330 g/mol. The van der Waals surface area contributed by atoms with Crippen molar-refractivity contribution in [3.8, 4) is 11.5 Å². The largest absolute Gasteiger partial charge is 0.468 e. The molecular weight excluding hydrogens is 315 g/mol. The first kappa shape index (κ1) is 15.8. The summed E-state index contributed by atoms with van der Waals surface area (Å²) in [6.45, 7) is 0.484. The summed E-state index contributed by atoms with van der Waals surface area (Å²) in [4.78, 5) is 16.3. The van der Waals surface area contributed by atoms with E-state index < -0.39 is 11.7 Å². The zero-order valence-corrected chi connectivity index (χ0v) is 12.9. The van der Waals surface area contributed by atoms with Gasteiger partial charge in [-0.3, -0.25) is 10.1 Å². The molecule has 3 rings (SSSR count). The molecule has 1 N–H and O–H groups in total. The van der Waals surface area contributed by atoms with Gasteiger partial charge in [-0.2, -0.15) is 0 Å². The van der Waals surface area contributed by atoms with E-state index >= 15 is 0 Å². The molecule has 0 saturated carbocycles. The number of amides is 1. The fraction of sp³-hybridized carbons (Fsp3) is 0.176. The number of hydrogen-bond donors (Lipinski definition) is 1. The Morgan fingerprint density at radius 1 is 1.25 bits per heavy atom. The number of carbonyl (C=O) groups excluding carboxylic acids is 1. The molecule has 0 atom stereocenters. The van der Waals surface area contributed by atoms with Gasteiger partial charge in [0.25, 0.3) is 11.9 Å². The monoisotopic (exact) mass is 330 g/mol. The molecule has 1 aliphatic rings. The number of carbonyl (C=O) groups is 1. The van der Waals surface area contributed by atoms with Gasteiger partial charge in [0.15, 0.2) is 11.5 Å². The van der Waals surface area contributed by atoms with Crippen molar-refractivity contribution in [3.63, 3.8) is 0 Å². The van der Waals surface area contributed by atoms with Gasteiger partial charge in [-0.05, 0) is 35.9 Å². The van der Waals surface area contributed by atoms with E-state index in [4.69, 9.17) is 14.2 Å². The third kappa shape index (κ3) is 3.62. The van der Waals surface area contributed by atoms with Crippen LogP contribution in [0, 0.1) is 5.82 Å². The Balaban J connectivity index is 1.67. The fourth-order valence-electron chi connectivity index (χ4n) is 2.16. The smallest absolute Gasteiger partial charge is 0.291 e. The molecule has 0 unspecified atom stereocenters. The normalized spacial score (nSPS) is 12.8. The van der Waals surface area contributed by atoms with Crippen LogP contribution in [0.4, 0.5) is 4.39 Å². The first-order valence-corrected chi connectivity index (χ1v) is 7.19. The van der Waals surface area contributed by atoms with Crippen molar-refractivity contribution < 1.29 is 23.4 Å². The van der Waals surface area contributed by atoms with Gasteiger partial charge in [0.2, 0.25) is 6.79 Å². The summed E-state index contributed by atoms with van der Waals surface area (Å²) in [6.07, 6.45) is 0. The Morgan fingerprint density at radius 2 is 2.08 bits per heavy atom. The highest BCUT2D eigenvalue weighted by molar-refractivity contribution is 6.04. The molecule has 0 bridgehead atoms. The van der Waals surface area contributed by atoms with Crippen molar-refractivity contribution in [2.24, 2.45) is 4.99 Å². The van der Waals surface area contributed by atoms with Crippen molar-refractivity contribution >= 4 is 11.9 Å². The first-order chi connectivity index (χ1) is 11.7. The van der Waals surface area contributed by atoms with E-state index in [9.17, 15) is 9.18 Å². The van der Waals surface area contributed by atoms with E-state index in [1.165, 1.54) is 25.3 Å². The van der Waals surface area contributed by atoms with Gasteiger partial charge in [-0.25, -0.2) is 9.38 Å². The summed E-state index contributed by atoms with van der Waals surface area (Å²) in [5, 5.41) is 2.50. The maximum Gasteiger partial charge on any atom is 0.291 e. The third-order valence-electron chi connectivity index (χ3n) is 3.34. The minimum absolute atomic E-state index is 0.0435. The van der Waals surface area contributed by atoms with Gasteiger partial charge < -0.3 is 14.2 Å². The maximum atomic E-state index is 13.2. The Labute approximate surface area is 137 Å². The molecule has 0 aromatic heterocycles. The second-order valence-electron chi connectivity index (χ2n) is 4.98. The minimum atomic E-state index is -0.499. The maximum absolute atomic E-state index is 13.2. The van der Waals surface area contributed by atoms with E-state index in [1.807, 2.05) is 12.1 Å². The van der Waals surface area contributed by atoms with Crippen molar-refractivity contribution in [1.82, 2.24) is 5.32 Å². The van der Waals surface area contributed by atoms with Crippen LogP contribution >= 0.6 is 0 Å². The standard InChI is InChI=1S/C17H15FN2O4/c1-22-17(20-16(21)12-3-2-4-13(18)8-12)19-9-11-5-6-14-15(7-11)24-10-23-14/h2-8H,9-10H2,1H3,(H,19,20,21). The number of methoxy groups -OCH3 is 1. The second kappa shape index (κ2) is 6.99. The number of halogens is 1. The number of nitrogens with one attached hydrogen (secondary N) is 1. The lowest BCUT2D eigenvalue weighted by Crippen LogP contribution is -2.31. The Bertz CT molecular complexity index is 792. The summed E-state index contributed by atoms with van der Waals surface area (Å²) >= 11 is 0. The van der Waals surface area contributed by atoms with Crippen molar-refractivity contribution in [2.45, 2.75) is 6.54 Å². The molecule has 0 aliphatic carbocycles. The molecule has 0 radical (unpaired) electrons. The number of benzene rings is 2. The van der Waals surface area contributed by atoms with Crippen molar-refractivity contribution in [3.05, 3.63) is 59.4 Å². The number of rotatable bonds is 3. The van der Waals surface area contributed by atoms with E-state index in [-0.39, 0.29) is 24.9 Å². The van der Waals surface area contributed by atoms with Gasteiger partial charge in [0.1, 0.15) is 5.82 Å². The number of nitrogens with zero attached hydrogens (tertiary/aromatic N) is 1. The third-order valence-corrected chi connectivity index (χ3v) is 3.34. The van der Waals surface area contributed by atoms with Crippen LogP contribution in [0.2, 0.25) is 0 Å². The van der Waals surface area contributed by atoms with Crippen LogP contribution in [0.3, 0.4) is 0 Å². The highest BCUT2D eigenvalue weighted by Gasteiger charge is 2.13. The highest BCUT2D eigenvalue weighted by atomic mass is 19.1. The lowest BCUT2D eigenvalue weighted by Gasteiger charge is -2.08. The average Bonchev–Trinajstić information content (AvgIpc) is 3.06. The number of ether oxygens (including phenoxy) is 3. The van der Waals surface area contributed by atoms with E-state index in [0.717, 1.165) is 11.6 Å². The molecule has 1 heterocycles. The molecule has 1 amide bonds. The van der Waals surface area contributed by atoms with Gasteiger partial charge in [0, 0.05) is 5.56 Å². The summed E-state index contributed by atoms with van der Waals surface area (Å²) in [7, 11) is 1.39. The number of hydrogen-bond acceptors (Lipinski definition) is 5. The topological polar surface area (TPSA) is 69.2 Å². The molecule has 0 fully saturated rings. The highest BCUT2D eigenvalue weighted by Crippen LogP contribution is 2.32.